The van der Waals surface area contributed by atoms with Gasteiger partial charge in [-0.3, -0.25) is 4.79 Å². The standard InChI is InChI=1S/C13H14F2O3/c1-18-11-9(15)5-4-8(14)10(11)13(12(16)17)6-2-3-7-13/h4-5H,2-3,6-7H2,1H3,(H,16,17). The SMILES string of the molecule is COc1c(F)ccc(F)c1C1(C(=O)O)CCCC1. The minimum absolute atomic E-state index is 0.157. The molecule has 0 aliphatic heterocycles. The number of carboxylic acid groups (broad SMARTS) is 1. The van der Waals surface area contributed by atoms with Crippen molar-refractivity contribution in [2.45, 2.75) is 31.1 Å². The smallest absolute Gasteiger partial charge is 0.314 e. The average Bonchev–Trinajstić information content (AvgIpc) is 2.82. The van der Waals surface area contributed by atoms with Gasteiger partial charge in [0.15, 0.2) is 11.6 Å². The third-order valence-corrected chi connectivity index (χ3v) is 3.61. The van der Waals surface area contributed by atoms with E-state index in [0.717, 1.165) is 12.1 Å². The van der Waals surface area contributed by atoms with Crippen molar-refractivity contribution >= 4 is 5.97 Å². The number of hydrogen-bond donors (Lipinski definition) is 1. The first-order chi connectivity index (χ1) is 8.53. The molecule has 0 saturated heterocycles. The molecule has 18 heavy (non-hydrogen) atoms. The molecule has 3 nitrogen and oxygen atoms in total. The molecule has 1 aromatic carbocycles. The summed E-state index contributed by atoms with van der Waals surface area (Å²) in [4.78, 5) is 11.5. The number of hydrogen-bond acceptors (Lipinski definition) is 2. The Labute approximate surface area is 103 Å². The van der Waals surface area contributed by atoms with E-state index < -0.39 is 23.0 Å². The number of rotatable bonds is 3. The first kappa shape index (κ1) is 12.8. The van der Waals surface area contributed by atoms with Crippen molar-refractivity contribution in [3.63, 3.8) is 0 Å². The zero-order valence-electron chi connectivity index (χ0n) is 10.0. The maximum atomic E-state index is 14.0. The molecule has 1 fully saturated rings. The highest BCUT2D eigenvalue weighted by Crippen LogP contribution is 2.46. The topological polar surface area (TPSA) is 46.5 Å². The molecule has 0 atom stereocenters. The predicted octanol–water partition coefficient (Wildman–Crippen LogP) is 2.87. The summed E-state index contributed by atoms with van der Waals surface area (Å²) < 4.78 is 32.5. The quantitative estimate of drug-likeness (QED) is 0.904. The number of carbonyl (C=O) groups is 1. The summed E-state index contributed by atoms with van der Waals surface area (Å²) in [7, 11) is 1.21. The molecule has 0 bridgehead atoms. The molecule has 0 radical (unpaired) electrons. The summed E-state index contributed by atoms with van der Waals surface area (Å²) in [6.45, 7) is 0. The lowest BCUT2D eigenvalue weighted by Crippen LogP contribution is -2.34. The molecule has 5 heteroatoms. The van der Waals surface area contributed by atoms with Crippen LogP contribution in [0.4, 0.5) is 8.78 Å². The van der Waals surface area contributed by atoms with E-state index >= 15 is 0 Å². The summed E-state index contributed by atoms with van der Waals surface area (Å²) >= 11 is 0. The third-order valence-electron chi connectivity index (χ3n) is 3.61. The number of methoxy groups -OCH3 is 1. The molecular formula is C13H14F2O3. The molecule has 0 heterocycles. The normalized spacial score (nSPS) is 17.7. The van der Waals surface area contributed by atoms with Gasteiger partial charge >= 0.3 is 5.97 Å². The Bertz CT molecular complexity index is 479. The largest absolute Gasteiger partial charge is 0.493 e. The lowest BCUT2D eigenvalue weighted by Gasteiger charge is -2.26. The molecule has 1 saturated carbocycles. The highest BCUT2D eigenvalue weighted by Gasteiger charge is 2.47. The molecule has 0 spiro atoms. The molecule has 1 aromatic rings. The third kappa shape index (κ3) is 1.74. The van der Waals surface area contributed by atoms with E-state index in [4.69, 9.17) is 4.74 Å². The second-order valence-electron chi connectivity index (χ2n) is 4.53. The number of ether oxygens (including phenoxy) is 1. The fourth-order valence-corrected chi connectivity index (χ4v) is 2.73. The van der Waals surface area contributed by atoms with Crippen LogP contribution in [0.2, 0.25) is 0 Å². The maximum Gasteiger partial charge on any atom is 0.314 e. The number of aliphatic carboxylic acids is 1. The average molecular weight is 256 g/mol. The Balaban J connectivity index is 2.68. The highest BCUT2D eigenvalue weighted by molar-refractivity contribution is 5.83. The lowest BCUT2D eigenvalue weighted by atomic mass is 9.78. The fraction of sp³-hybridized carbons (Fsp3) is 0.462. The first-order valence-corrected chi connectivity index (χ1v) is 5.79. The van der Waals surface area contributed by atoms with Crippen molar-refractivity contribution in [2.24, 2.45) is 0 Å². The van der Waals surface area contributed by atoms with Crippen LogP contribution in [0.1, 0.15) is 31.2 Å². The van der Waals surface area contributed by atoms with E-state index in [9.17, 15) is 18.7 Å². The van der Waals surface area contributed by atoms with Gasteiger partial charge in [-0.1, -0.05) is 12.8 Å². The van der Waals surface area contributed by atoms with Gasteiger partial charge in [0, 0.05) is 0 Å². The summed E-state index contributed by atoms with van der Waals surface area (Å²) in [6.07, 6.45) is 1.98. The predicted molar refractivity (Wildman–Crippen MR) is 60.7 cm³/mol. The van der Waals surface area contributed by atoms with Gasteiger partial charge in [-0.05, 0) is 25.0 Å². The molecule has 0 aromatic heterocycles. The Morgan fingerprint density at radius 2 is 1.83 bits per heavy atom. The van der Waals surface area contributed by atoms with Gasteiger partial charge in [-0.15, -0.1) is 0 Å². The van der Waals surface area contributed by atoms with Crippen LogP contribution in [0.25, 0.3) is 0 Å². The van der Waals surface area contributed by atoms with Gasteiger partial charge in [0.25, 0.3) is 0 Å². The Kier molecular flexibility index (Phi) is 3.24. The van der Waals surface area contributed by atoms with Crippen molar-refractivity contribution in [3.8, 4) is 5.75 Å². The molecule has 2 rings (SSSR count). The Morgan fingerprint density at radius 1 is 1.28 bits per heavy atom. The second kappa shape index (κ2) is 4.55. The van der Waals surface area contributed by atoms with Crippen LogP contribution in [0, 0.1) is 11.6 Å². The van der Waals surface area contributed by atoms with Gasteiger partial charge < -0.3 is 9.84 Å². The minimum atomic E-state index is -1.36. The van der Waals surface area contributed by atoms with Crippen LogP contribution >= 0.6 is 0 Å². The minimum Gasteiger partial charge on any atom is -0.493 e. The van der Waals surface area contributed by atoms with Crippen LogP contribution in [0.3, 0.4) is 0 Å². The van der Waals surface area contributed by atoms with Crippen molar-refractivity contribution in [3.05, 3.63) is 29.3 Å². The van der Waals surface area contributed by atoms with Gasteiger partial charge in [-0.25, -0.2) is 8.78 Å². The van der Waals surface area contributed by atoms with Crippen molar-refractivity contribution in [1.82, 2.24) is 0 Å². The van der Waals surface area contributed by atoms with Crippen LogP contribution in [0.15, 0.2) is 12.1 Å². The van der Waals surface area contributed by atoms with Crippen LogP contribution in [-0.2, 0) is 10.2 Å². The highest BCUT2D eigenvalue weighted by atomic mass is 19.1. The van der Waals surface area contributed by atoms with Crippen LogP contribution < -0.4 is 4.74 Å². The molecule has 1 aliphatic rings. The second-order valence-corrected chi connectivity index (χ2v) is 4.53. The molecule has 0 unspecified atom stereocenters. The van der Waals surface area contributed by atoms with Crippen LogP contribution in [0.5, 0.6) is 5.75 Å². The van der Waals surface area contributed by atoms with E-state index in [1.165, 1.54) is 7.11 Å². The molecule has 1 aliphatic carbocycles. The number of halogens is 2. The monoisotopic (exact) mass is 256 g/mol. The Hall–Kier alpha value is -1.65. The van der Waals surface area contributed by atoms with Gasteiger partial charge in [0.2, 0.25) is 0 Å². The number of benzene rings is 1. The molecule has 0 amide bonds. The van der Waals surface area contributed by atoms with Crippen molar-refractivity contribution < 1.29 is 23.4 Å². The first-order valence-electron chi connectivity index (χ1n) is 5.79. The van der Waals surface area contributed by atoms with Crippen molar-refractivity contribution in [1.29, 1.82) is 0 Å². The van der Waals surface area contributed by atoms with E-state index in [0.29, 0.717) is 25.7 Å². The summed E-state index contributed by atoms with van der Waals surface area (Å²) in [5.74, 6) is -2.87. The molecule has 98 valence electrons. The van der Waals surface area contributed by atoms with E-state index in [2.05, 4.69) is 0 Å². The maximum absolute atomic E-state index is 14.0. The van der Waals surface area contributed by atoms with E-state index in [-0.39, 0.29) is 11.3 Å². The fourth-order valence-electron chi connectivity index (χ4n) is 2.73. The summed E-state index contributed by atoms with van der Waals surface area (Å²) in [6, 6.07) is 1.90. The number of carboxylic acids is 1. The van der Waals surface area contributed by atoms with Crippen molar-refractivity contribution in [2.75, 3.05) is 7.11 Å². The zero-order chi connectivity index (χ0) is 13.3. The molecular weight excluding hydrogens is 242 g/mol. The van der Waals surface area contributed by atoms with Crippen LogP contribution in [-0.4, -0.2) is 18.2 Å². The zero-order valence-corrected chi connectivity index (χ0v) is 10.0. The lowest BCUT2D eigenvalue weighted by molar-refractivity contribution is -0.143. The Morgan fingerprint density at radius 3 is 2.33 bits per heavy atom. The van der Waals surface area contributed by atoms with E-state index in [1.807, 2.05) is 0 Å². The van der Waals surface area contributed by atoms with Gasteiger partial charge in [-0.2, -0.15) is 0 Å². The van der Waals surface area contributed by atoms with E-state index in [1.54, 1.807) is 0 Å². The van der Waals surface area contributed by atoms with Gasteiger partial charge in [0.1, 0.15) is 5.82 Å². The van der Waals surface area contributed by atoms with Gasteiger partial charge in [0.05, 0.1) is 18.1 Å². The summed E-state index contributed by atoms with van der Waals surface area (Å²) in [5, 5.41) is 9.41. The summed E-state index contributed by atoms with van der Waals surface area (Å²) in [5.41, 5.74) is -1.52. The molecule has 1 N–H and O–H groups in total.